The van der Waals surface area contributed by atoms with Gasteiger partial charge in [0.2, 0.25) is 11.8 Å². The van der Waals surface area contributed by atoms with Gasteiger partial charge in [-0.3, -0.25) is 19.3 Å². The fourth-order valence-corrected chi connectivity index (χ4v) is 3.14. The van der Waals surface area contributed by atoms with Crippen LogP contribution >= 0.6 is 0 Å². The Hall–Kier alpha value is -1.39. The van der Waals surface area contributed by atoms with Gasteiger partial charge in [-0.15, -0.1) is 0 Å². The van der Waals surface area contributed by atoms with Gasteiger partial charge in [0.1, 0.15) is 6.61 Å². The van der Waals surface area contributed by atoms with E-state index in [1.54, 1.807) is 0 Å². The Morgan fingerprint density at radius 1 is 1.23 bits per heavy atom. The maximum Gasteiger partial charge on any atom is 0.311 e. The predicted molar refractivity (Wildman–Crippen MR) is 81.9 cm³/mol. The summed E-state index contributed by atoms with van der Waals surface area (Å²) in [4.78, 5) is 37.6. The summed E-state index contributed by atoms with van der Waals surface area (Å²) in [6, 6.07) is 0.0882. The molecule has 5 heteroatoms. The van der Waals surface area contributed by atoms with E-state index in [0.717, 1.165) is 32.1 Å². The van der Waals surface area contributed by atoms with Crippen molar-refractivity contribution in [2.45, 2.75) is 71.8 Å². The number of rotatable bonds is 5. The molecule has 0 radical (unpaired) electrons. The van der Waals surface area contributed by atoms with Crippen LogP contribution in [0.3, 0.4) is 0 Å². The van der Waals surface area contributed by atoms with Crippen LogP contribution in [0.25, 0.3) is 0 Å². The first-order chi connectivity index (χ1) is 10.4. The monoisotopic (exact) mass is 309 g/mol. The van der Waals surface area contributed by atoms with Gasteiger partial charge in [-0.2, -0.15) is 0 Å². The maximum absolute atomic E-state index is 12.2. The van der Waals surface area contributed by atoms with Crippen molar-refractivity contribution in [2.75, 3.05) is 6.61 Å². The molecule has 1 saturated heterocycles. The summed E-state index contributed by atoms with van der Waals surface area (Å²) >= 11 is 0. The molecule has 1 aliphatic heterocycles. The summed E-state index contributed by atoms with van der Waals surface area (Å²) in [5.74, 6) is -0.467. The highest BCUT2D eigenvalue weighted by Gasteiger charge is 2.49. The number of β-lactam (4-membered cyclic amide) rings is 1. The largest absolute Gasteiger partial charge is 0.465 e. The van der Waals surface area contributed by atoms with Crippen molar-refractivity contribution < 1.29 is 19.1 Å². The minimum Gasteiger partial charge on any atom is -0.465 e. The molecule has 2 amide bonds. The number of fused-ring (bicyclic) bond motifs is 1. The molecule has 0 bridgehead atoms. The van der Waals surface area contributed by atoms with E-state index in [0.29, 0.717) is 6.42 Å². The molecular weight excluding hydrogens is 282 g/mol. The lowest BCUT2D eigenvalue weighted by Gasteiger charge is -2.45. The van der Waals surface area contributed by atoms with Crippen LogP contribution in [0.2, 0.25) is 0 Å². The average molecular weight is 309 g/mol. The first-order valence-corrected chi connectivity index (χ1v) is 8.41. The second-order valence-electron chi connectivity index (χ2n) is 7.04. The van der Waals surface area contributed by atoms with Crippen LogP contribution in [-0.2, 0) is 19.1 Å². The molecule has 2 fully saturated rings. The quantitative estimate of drug-likeness (QED) is 0.578. The first kappa shape index (κ1) is 17.0. The third kappa shape index (κ3) is 3.33. The minimum absolute atomic E-state index is 0.0304. The zero-order valence-corrected chi connectivity index (χ0v) is 13.9. The number of carbonyl (C=O) groups is 3. The van der Waals surface area contributed by atoms with Crippen molar-refractivity contribution in [3.63, 3.8) is 0 Å². The van der Waals surface area contributed by atoms with E-state index in [4.69, 9.17) is 4.74 Å². The van der Waals surface area contributed by atoms with E-state index in [1.165, 1.54) is 4.90 Å². The molecule has 2 aliphatic rings. The second kappa shape index (κ2) is 6.80. The van der Waals surface area contributed by atoms with E-state index in [-0.39, 0.29) is 42.8 Å². The SMILES string of the molecule is CCC(C)(C)C(=O)OCCC(=O)N1C(=O)C2CCCCCC21. The highest BCUT2D eigenvalue weighted by Crippen LogP contribution is 2.37. The van der Waals surface area contributed by atoms with Gasteiger partial charge < -0.3 is 4.74 Å². The summed E-state index contributed by atoms with van der Waals surface area (Å²) in [5, 5.41) is 0. The Labute approximate surface area is 132 Å². The van der Waals surface area contributed by atoms with Crippen molar-refractivity contribution in [3.05, 3.63) is 0 Å². The number of hydrogen-bond donors (Lipinski definition) is 0. The fourth-order valence-electron chi connectivity index (χ4n) is 3.14. The second-order valence-corrected chi connectivity index (χ2v) is 7.04. The van der Waals surface area contributed by atoms with Crippen LogP contribution < -0.4 is 0 Å². The summed E-state index contributed by atoms with van der Waals surface area (Å²) in [5.41, 5.74) is -0.526. The molecule has 5 nitrogen and oxygen atoms in total. The van der Waals surface area contributed by atoms with E-state index in [9.17, 15) is 14.4 Å². The number of nitrogens with zero attached hydrogens (tertiary/aromatic N) is 1. The van der Waals surface area contributed by atoms with Gasteiger partial charge >= 0.3 is 5.97 Å². The highest BCUT2D eigenvalue weighted by atomic mass is 16.5. The molecule has 1 aliphatic carbocycles. The van der Waals surface area contributed by atoms with Gasteiger partial charge in [-0.05, 0) is 33.1 Å². The van der Waals surface area contributed by atoms with Gasteiger partial charge in [0, 0.05) is 0 Å². The minimum atomic E-state index is -0.526. The number of esters is 1. The Morgan fingerprint density at radius 2 is 1.91 bits per heavy atom. The number of likely N-dealkylation sites (tertiary alicyclic amines) is 1. The van der Waals surface area contributed by atoms with Crippen LogP contribution in [0.15, 0.2) is 0 Å². The van der Waals surface area contributed by atoms with E-state index in [1.807, 2.05) is 20.8 Å². The molecule has 1 saturated carbocycles. The Balaban J connectivity index is 1.81. The normalized spacial score (nSPS) is 25.0. The van der Waals surface area contributed by atoms with Gasteiger partial charge in [-0.1, -0.05) is 26.2 Å². The molecule has 22 heavy (non-hydrogen) atoms. The van der Waals surface area contributed by atoms with Gasteiger partial charge in [-0.25, -0.2) is 0 Å². The molecule has 1 heterocycles. The van der Waals surface area contributed by atoms with Crippen LogP contribution in [0.1, 0.15) is 65.7 Å². The van der Waals surface area contributed by atoms with Crippen molar-refractivity contribution in [1.82, 2.24) is 4.90 Å². The molecule has 2 atom stereocenters. The smallest absolute Gasteiger partial charge is 0.311 e. The average Bonchev–Trinajstić information content (AvgIpc) is 2.69. The zero-order valence-electron chi connectivity index (χ0n) is 13.9. The number of amides is 2. The topological polar surface area (TPSA) is 63.7 Å². The van der Waals surface area contributed by atoms with Crippen LogP contribution in [0, 0.1) is 11.3 Å². The third-order valence-electron chi connectivity index (χ3n) is 5.12. The Morgan fingerprint density at radius 3 is 2.59 bits per heavy atom. The fraction of sp³-hybridized carbons (Fsp3) is 0.824. The molecule has 0 spiro atoms. The lowest BCUT2D eigenvalue weighted by molar-refractivity contribution is -0.167. The van der Waals surface area contributed by atoms with E-state index < -0.39 is 5.41 Å². The lowest BCUT2D eigenvalue weighted by Crippen LogP contribution is -2.62. The lowest BCUT2D eigenvalue weighted by atomic mass is 9.83. The Kier molecular flexibility index (Phi) is 5.24. The molecule has 2 unspecified atom stereocenters. The van der Waals surface area contributed by atoms with E-state index >= 15 is 0 Å². The number of imide groups is 1. The molecule has 124 valence electrons. The highest BCUT2D eigenvalue weighted by molar-refractivity contribution is 6.02. The van der Waals surface area contributed by atoms with Crippen molar-refractivity contribution >= 4 is 17.8 Å². The zero-order chi connectivity index (χ0) is 16.3. The number of carbonyl (C=O) groups excluding carboxylic acids is 3. The molecule has 0 aromatic heterocycles. The third-order valence-corrected chi connectivity index (χ3v) is 5.12. The molecule has 0 N–H and O–H groups in total. The molecule has 0 aromatic carbocycles. The standard InChI is InChI=1S/C17H27NO4/c1-4-17(2,3)16(21)22-11-10-14(19)18-13-9-7-5-6-8-12(13)15(18)20/h12-13H,4-11H2,1-3H3. The van der Waals surface area contributed by atoms with Crippen molar-refractivity contribution in [3.8, 4) is 0 Å². The first-order valence-electron chi connectivity index (χ1n) is 8.41. The van der Waals surface area contributed by atoms with Crippen molar-refractivity contribution in [2.24, 2.45) is 11.3 Å². The van der Waals surface area contributed by atoms with Crippen LogP contribution in [0.5, 0.6) is 0 Å². The molecule has 2 rings (SSSR count). The Bertz CT molecular complexity index is 458. The number of ether oxygens (including phenoxy) is 1. The molecule has 0 aromatic rings. The number of hydrogen-bond acceptors (Lipinski definition) is 4. The molecular formula is C17H27NO4. The van der Waals surface area contributed by atoms with Crippen LogP contribution in [-0.4, -0.2) is 35.3 Å². The summed E-state index contributed by atoms with van der Waals surface area (Å²) in [7, 11) is 0. The maximum atomic E-state index is 12.2. The van der Waals surface area contributed by atoms with Crippen molar-refractivity contribution in [1.29, 1.82) is 0 Å². The van der Waals surface area contributed by atoms with Gasteiger partial charge in [0.05, 0.1) is 23.8 Å². The summed E-state index contributed by atoms with van der Waals surface area (Å²) < 4.78 is 5.19. The van der Waals surface area contributed by atoms with Crippen LogP contribution in [0.4, 0.5) is 0 Å². The summed E-state index contributed by atoms with van der Waals surface area (Å²) in [6.07, 6.45) is 5.93. The van der Waals surface area contributed by atoms with E-state index in [2.05, 4.69) is 0 Å². The predicted octanol–water partition coefficient (Wildman–Crippen LogP) is 2.67. The van der Waals surface area contributed by atoms with Gasteiger partial charge in [0.25, 0.3) is 0 Å². The van der Waals surface area contributed by atoms with Gasteiger partial charge in [0.15, 0.2) is 0 Å². The summed E-state index contributed by atoms with van der Waals surface area (Å²) in [6.45, 7) is 5.64.